The maximum atomic E-state index is 5.89. The highest BCUT2D eigenvalue weighted by atomic mass is 32.1. The maximum absolute atomic E-state index is 5.89. The van der Waals surface area contributed by atoms with E-state index >= 15 is 0 Å². The van der Waals surface area contributed by atoms with Crippen LogP contribution in [0.2, 0.25) is 0 Å². The Labute approximate surface area is 124 Å². The number of aromatic nitrogens is 2. The first-order valence-corrected chi connectivity index (χ1v) is 8.15. The van der Waals surface area contributed by atoms with E-state index in [4.69, 9.17) is 5.73 Å². The van der Waals surface area contributed by atoms with Gasteiger partial charge >= 0.3 is 0 Å². The molecule has 0 aliphatic carbocycles. The molecule has 0 saturated carbocycles. The third-order valence-corrected chi connectivity index (χ3v) is 5.66. The number of aryl methyl sites for hydroxylation is 1. The van der Waals surface area contributed by atoms with Crippen molar-refractivity contribution >= 4 is 27.4 Å². The van der Waals surface area contributed by atoms with Crippen LogP contribution in [0.3, 0.4) is 0 Å². The molecule has 0 unspecified atom stereocenters. The summed E-state index contributed by atoms with van der Waals surface area (Å²) in [6.07, 6.45) is 5.04. The minimum absolute atomic E-state index is 0.297. The molecule has 1 aliphatic rings. The van der Waals surface area contributed by atoms with Crippen molar-refractivity contribution in [2.75, 3.05) is 24.5 Å². The quantitative estimate of drug-likeness (QED) is 0.944. The number of anilines is 1. The Balaban J connectivity index is 1.89. The van der Waals surface area contributed by atoms with Gasteiger partial charge in [-0.25, -0.2) is 9.97 Å². The van der Waals surface area contributed by atoms with Crippen molar-refractivity contribution in [3.63, 3.8) is 0 Å². The molecule has 0 radical (unpaired) electrons. The number of piperidine rings is 1. The van der Waals surface area contributed by atoms with E-state index in [-0.39, 0.29) is 0 Å². The highest BCUT2D eigenvalue weighted by molar-refractivity contribution is 7.18. The molecule has 2 aromatic heterocycles. The second-order valence-corrected chi connectivity index (χ2v) is 7.10. The van der Waals surface area contributed by atoms with Gasteiger partial charge in [0.05, 0.1) is 5.39 Å². The molecular formula is C15H22N4S. The standard InChI is InChI=1S/C15H22N4S/c1-3-11-8-12-13(17-10-18-14(12)20-11)19-6-4-15(2,9-16)5-7-19/h8,10H,3-7,9,16H2,1-2H3. The highest BCUT2D eigenvalue weighted by Gasteiger charge is 2.29. The molecule has 1 aliphatic heterocycles. The second-order valence-electron chi connectivity index (χ2n) is 5.98. The maximum Gasteiger partial charge on any atom is 0.140 e. The Morgan fingerprint density at radius 1 is 1.35 bits per heavy atom. The molecular weight excluding hydrogens is 268 g/mol. The lowest BCUT2D eigenvalue weighted by Gasteiger charge is -2.39. The largest absolute Gasteiger partial charge is 0.356 e. The van der Waals surface area contributed by atoms with E-state index < -0.39 is 0 Å². The van der Waals surface area contributed by atoms with Gasteiger partial charge in [0.15, 0.2) is 0 Å². The molecule has 0 spiro atoms. The second kappa shape index (κ2) is 5.30. The van der Waals surface area contributed by atoms with E-state index in [0.29, 0.717) is 5.41 Å². The van der Waals surface area contributed by atoms with Gasteiger partial charge in [-0.2, -0.15) is 0 Å². The number of thiophene rings is 1. The summed E-state index contributed by atoms with van der Waals surface area (Å²) < 4.78 is 0. The third-order valence-electron chi connectivity index (χ3n) is 4.47. The molecule has 3 heterocycles. The fourth-order valence-corrected chi connectivity index (χ4v) is 3.71. The van der Waals surface area contributed by atoms with Crippen LogP contribution in [-0.2, 0) is 6.42 Å². The van der Waals surface area contributed by atoms with Crippen molar-refractivity contribution < 1.29 is 0 Å². The summed E-state index contributed by atoms with van der Waals surface area (Å²) in [5.41, 5.74) is 6.19. The van der Waals surface area contributed by atoms with Crippen molar-refractivity contribution in [3.05, 3.63) is 17.3 Å². The first kappa shape index (κ1) is 13.8. The van der Waals surface area contributed by atoms with Gasteiger partial charge in [0.1, 0.15) is 17.0 Å². The van der Waals surface area contributed by atoms with Gasteiger partial charge in [-0.3, -0.25) is 0 Å². The van der Waals surface area contributed by atoms with E-state index in [0.717, 1.165) is 49.5 Å². The van der Waals surface area contributed by atoms with Crippen LogP contribution >= 0.6 is 11.3 Å². The predicted molar refractivity (Wildman–Crippen MR) is 85.4 cm³/mol. The molecule has 5 heteroatoms. The lowest BCUT2D eigenvalue weighted by molar-refractivity contribution is 0.258. The van der Waals surface area contributed by atoms with E-state index in [2.05, 4.69) is 34.8 Å². The molecule has 0 amide bonds. The third kappa shape index (κ3) is 2.40. The Hall–Kier alpha value is -1.20. The summed E-state index contributed by atoms with van der Waals surface area (Å²) in [7, 11) is 0. The highest BCUT2D eigenvalue weighted by Crippen LogP contribution is 2.35. The molecule has 0 bridgehead atoms. The summed E-state index contributed by atoms with van der Waals surface area (Å²) in [5, 5.41) is 1.21. The van der Waals surface area contributed by atoms with Crippen molar-refractivity contribution in [2.45, 2.75) is 33.1 Å². The Bertz CT molecular complexity index is 599. The van der Waals surface area contributed by atoms with Gasteiger partial charge < -0.3 is 10.6 Å². The first-order chi connectivity index (χ1) is 9.65. The summed E-state index contributed by atoms with van der Waals surface area (Å²) in [5.74, 6) is 1.10. The van der Waals surface area contributed by atoms with Gasteiger partial charge in [-0.1, -0.05) is 13.8 Å². The molecule has 0 atom stereocenters. The molecule has 0 aromatic carbocycles. The molecule has 1 fully saturated rings. The normalized spacial score (nSPS) is 18.6. The zero-order valence-electron chi connectivity index (χ0n) is 12.2. The van der Waals surface area contributed by atoms with Gasteiger partial charge in [0, 0.05) is 18.0 Å². The molecule has 20 heavy (non-hydrogen) atoms. The number of fused-ring (bicyclic) bond motifs is 1. The van der Waals surface area contributed by atoms with Crippen LogP contribution in [0.25, 0.3) is 10.2 Å². The van der Waals surface area contributed by atoms with Crippen LogP contribution in [0.4, 0.5) is 5.82 Å². The lowest BCUT2D eigenvalue weighted by Crippen LogP contribution is -2.42. The lowest BCUT2D eigenvalue weighted by atomic mass is 9.80. The van der Waals surface area contributed by atoms with Gasteiger partial charge in [0.25, 0.3) is 0 Å². The average molecular weight is 290 g/mol. The predicted octanol–water partition coefficient (Wildman–Crippen LogP) is 2.82. The Morgan fingerprint density at radius 3 is 2.75 bits per heavy atom. The van der Waals surface area contributed by atoms with E-state index in [1.54, 1.807) is 17.7 Å². The number of nitrogens with two attached hydrogens (primary N) is 1. The SMILES string of the molecule is CCc1cc2c(N3CCC(C)(CN)CC3)ncnc2s1. The Kier molecular flexibility index (Phi) is 3.65. The number of hydrogen-bond donors (Lipinski definition) is 1. The smallest absolute Gasteiger partial charge is 0.140 e. The summed E-state index contributed by atoms with van der Waals surface area (Å²) >= 11 is 1.78. The minimum Gasteiger partial charge on any atom is -0.356 e. The topological polar surface area (TPSA) is 55.0 Å². The summed E-state index contributed by atoms with van der Waals surface area (Å²) in [4.78, 5) is 13.8. The fraction of sp³-hybridized carbons (Fsp3) is 0.600. The van der Waals surface area contributed by atoms with Crippen molar-refractivity contribution in [3.8, 4) is 0 Å². The zero-order chi connectivity index (χ0) is 14.2. The molecule has 2 N–H and O–H groups in total. The van der Waals surface area contributed by atoms with E-state index in [1.807, 2.05) is 0 Å². The van der Waals surface area contributed by atoms with Crippen LogP contribution < -0.4 is 10.6 Å². The molecule has 2 aromatic rings. The molecule has 4 nitrogen and oxygen atoms in total. The van der Waals surface area contributed by atoms with Crippen LogP contribution in [0, 0.1) is 5.41 Å². The monoisotopic (exact) mass is 290 g/mol. The van der Waals surface area contributed by atoms with E-state index in [9.17, 15) is 0 Å². The fourth-order valence-electron chi connectivity index (χ4n) is 2.78. The van der Waals surface area contributed by atoms with E-state index in [1.165, 1.54) is 10.3 Å². The minimum atomic E-state index is 0.297. The molecule has 3 rings (SSSR count). The van der Waals surface area contributed by atoms with Crippen LogP contribution in [0.15, 0.2) is 12.4 Å². The molecule has 1 saturated heterocycles. The number of hydrogen-bond acceptors (Lipinski definition) is 5. The Morgan fingerprint density at radius 2 is 2.10 bits per heavy atom. The van der Waals surface area contributed by atoms with Crippen LogP contribution in [-0.4, -0.2) is 29.6 Å². The van der Waals surface area contributed by atoms with Gasteiger partial charge in [0.2, 0.25) is 0 Å². The number of nitrogens with zero attached hydrogens (tertiary/aromatic N) is 3. The zero-order valence-corrected chi connectivity index (χ0v) is 13.0. The van der Waals surface area contributed by atoms with Gasteiger partial charge in [-0.05, 0) is 37.3 Å². The van der Waals surface area contributed by atoms with Crippen molar-refractivity contribution in [2.24, 2.45) is 11.1 Å². The first-order valence-electron chi connectivity index (χ1n) is 7.33. The number of rotatable bonds is 3. The van der Waals surface area contributed by atoms with Crippen molar-refractivity contribution in [1.29, 1.82) is 0 Å². The average Bonchev–Trinajstić information content (AvgIpc) is 2.91. The van der Waals surface area contributed by atoms with Crippen LogP contribution in [0.1, 0.15) is 31.6 Å². The van der Waals surface area contributed by atoms with Crippen LogP contribution in [0.5, 0.6) is 0 Å². The summed E-state index contributed by atoms with van der Waals surface area (Å²) in [6.45, 7) is 7.33. The molecule has 108 valence electrons. The summed E-state index contributed by atoms with van der Waals surface area (Å²) in [6, 6.07) is 2.26. The van der Waals surface area contributed by atoms with Crippen molar-refractivity contribution in [1.82, 2.24) is 9.97 Å². The van der Waals surface area contributed by atoms with Gasteiger partial charge in [-0.15, -0.1) is 11.3 Å².